The molecule has 2 amide bonds. The Morgan fingerprint density at radius 3 is 2.90 bits per heavy atom. The molecule has 0 fully saturated rings. The minimum Gasteiger partial charge on any atom is -0.459 e. The molecule has 2 N–H and O–H groups in total. The van der Waals surface area contributed by atoms with Crippen LogP contribution in [0.3, 0.4) is 0 Å². The third-order valence-electron chi connectivity index (χ3n) is 5.22. The molecule has 0 saturated heterocycles. The molecule has 30 heavy (non-hydrogen) atoms. The van der Waals surface area contributed by atoms with Crippen molar-refractivity contribution in [3.05, 3.63) is 83.8 Å². The third kappa shape index (κ3) is 3.32. The summed E-state index contributed by atoms with van der Waals surface area (Å²) in [6, 6.07) is 14.7. The maximum atomic E-state index is 13.0. The maximum Gasteiger partial charge on any atom is 0.289 e. The van der Waals surface area contributed by atoms with E-state index in [0.717, 1.165) is 16.6 Å². The van der Waals surface area contributed by atoms with Crippen LogP contribution < -0.4 is 5.32 Å². The first-order valence-electron chi connectivity index (χ1n) is 9.67. The van der Waals surface area contributed by atoms with E-state index in [-0.39, 0.29) is 30.7 Å². The number of hydrogen-bond donors (Lipinski definition) is 2. The van der Waals surface area contributed by atoms with Gasteiger partial charge in [0.25, 0.3) is 5.91 Å². The number of amides is 2. The number of H-pyrrole nitrogens is 1. The monoisotopic (exact) mass is 401 g/mol. The summed E-state index contributed by atoms with van der Waals surface area (Å²) in [6.45, 7) is 0.879. The second-order valence-corrected chi connectivity index (χ2v) is 7.18. The number of carbonyl (C=O) groups excluding carboxylic acids is 2. The van der Waals surface area contributed by atoms with E-state index in [1.807, 2.05) is 36.4 Å². The summed E-state index contributed by atoms with van der Waals surface area (Å²) in [5, 5.41) is 2.93. The molecule has 0 bridgehead atoms. The second-order valence-electron chi connectivity index (χ2n) is 7.18. The molecule has 0 radical (unpaired) electrons. The molecule has 1 atom stereocenters. The van der Waals surface area contributed by atoms with Crippen molar-refractivity contribution in [3.63, 3.8) is 0 Å². The van der Waals surface area contributed by atoms with Gasteiger partial charge in [0.15, 0.2) is 5.76 Å². The number of pyridine rings is 1. The van der Waals surface area contributed by atoms with Crippen LogP contribution in [-0.4, -0.2) is 38.2 Å². The fourth-order valence-electron chi connectivity index (χ4n) is 3.78. The average Bonchev–Trinajstić information content (AvgIpc) is 3.46. The Labute approximate surface area is 171 Å². The molecule has 3 aromatic heterocycles. The Morgan fingerprint density at radius 1 is 1.17 bits per heavy atom. The molecule has 0 saturated carbocycles. The molecular weight excluding hydrogens is 382 g/mol. The average molecular weight is 401 g/mol. The molecule has 1 aromatic carbocycles. The van der Waals surface area contributed by atoms with Crippen LogP contribution in [-0.2, 0) is 17.9 Å². The lowest BCUT2D eigenvalue weighted by molar-refractivity contribution is -0.123. The highest BCUT2D eigenvalue weighted by molar-refractivity contribution is 5.93. The number of aromatic amines is 1. The van der Waals surface area contributed by atoms with E-state index >= 15 is 0 Å². The Morgan fingerprint density at radius 2 is 2.07 bits per heavy atom. The van der Waals surface area contributed by atoms with E-state index < -0.39 is 5.92 Å². The van der Waals surface area contributed by atoms with E-state index in [4.69, 9.17) is 4.42 Å². The summed E-state index contributed by atoms with van der Waals surface area (Å²) >= 11 is 0. The van der Waals surface area contributed by atoms with E-state index in [2.05, 4.69) is 20.3 Å². The molecule has 5 rings (SSSR count). The van der Waals surface area contributed by atoms with Crippen molar-refractivity contribution in [2.45, 2.75) is 19.0 Å². The normalized spacial score (nSPS) is 15.7. The fraction of sp³-hybridized carbons (Fsp3) is 0.182. The number of furan rings is 1. The van der Waals surface area contributed by atoms with Gasteiger partial charge in [-0.25, -0.2) is 4.98 Å². The van der Waals surface area contributed by atoms with Crippen LogP contribution in [0.25, 0.3) is 11.0 Å². The van der Waals surface area contributed by atoms with Crippen LogP contribution in [0.5, 0.6) is 0 Å². The van der Waals surface area contributed by atoms with Gasteiger partial charge in [0, 0.05) is 19.3 Å². The van der Waals surface area contributed by atoms with Crippen molar-refractivity contribution in [1.29, 1.82) is 0 Å². The summed E-state index contributed by atoms with van der Waals surface area (Å²) in [6.07, 6.45) is 3.13. The predicted octanol–water partition coefficient (Wildman–Crippen LogP) is 2.61. The zero-order valence-electron chi connectivity index (χ0n) is 16.0. The Bertz CT molecular complexity index is 1180. The minimum atomic E-state index is -0.571. The number of aromatic nitrogens is 3. The zero-order chi connectivity index (χ0) is 20.5. The number of benzene rings is 1. The van der Waals surface area contributed by atoms with E-state index in [1.165, 1.54) is 6.26 Å². The first-order chi connectivity index (χ1) is 14.7. The van der Waals surface area contributed by atoms with Gasteiger partial charge in [-0.1, -0.05) is 18.2 Å². The Hall–Kier alpha value is -3.94. The maximum absolute atomic E-state index is 13.0. The number of nitrogens with zero attached hydrogens (tertiary/aromatic N) is 3. The van der Waals surface area contributed by atoms with E-state index in [9.17, 15) is 9.59 Å². The summed E-state index contributed by atoms with van der Waals surface area (Å²) < 4.78 is 5.25. The third-order valence-corrected chi connectivity index (χ3v) is 5.22. The molecule has 1 unspecified atom stereocenters. The number of hydrogen-bond acceptors (Lipinski definition) is 5. The van der Waals surface area contributed by atoms with Gasteiger partial charge in [-0.15, -0.1) is 0 Å². The summed E-state index contributed by atoms with van der Waals surface area (Å²) in [7, 11) is 0. The van der Waals surface area contributed by atoms with Crippen LogP contribution in [0.4, 0.5) is 0 Å². The lowest BCUT2D eigenvalue weighted by atomic mass is 9.93. The van der Waals surface area contributed by atoms with Crippen molar-refractivity contribution in [1.82, 2.24) is 25.2 Å². The van der Waals surface area contributed by atoms with Gasteiger partial charge >= 0.3 is 0 Å². The van der Waals surface area contributed by atoms with Crippen LogP contribution in [0.1, 0.15) is 33.6 Å². The predicted molar refractivity (Wildman–Crippen MR) is 108 cm³/mol. The van der Waals surface area contributed by atoms with Gasteiger partial charge in [-0.05, 0) is 35.9 Å². The molecule has 0 spiro atoms. The molecule has 150 valence electrons. The van der Waals surface area contributed by atoms with Gasteiger partial charge in [0.1, 0.15) is 5.82 Å². The van der Waals surface area contributed by atoms with Crippen molar-refractivity contribution < 1.29 is 14.0 Å². The lowest BCUT2D eigenvalue weighted by Gasteiger charge is -2.32. The van der Waals surface area contributed by atoms with E-state index in [1.54, 1.807) is 23.2 Å². The minimum absolute atomic E-state index is 0.202. The first-order valence-corrected chi connectivity index (χ1v) is 9.67. The van der Waals surface area contributed by atoms with Crippen molar-refractivity contribution in [2.75, 3.05) is 6.54 Å². The molecule has 4 aromatic rings. The van der Waals surface area contributed by atoms with Crippen molar-refractivity contribution >= 4 is 22.8 Å². The number of carbonyl (C=O) groups is 2. The summed E-state index contributed by atoms with van der Waals surface area (Å²) in [4.78, 5) is 39.6. The number of rotatable bonds is 4. The van der Waals surface area contributed by atoms with Gasteiger partial charge in [-0.3, -0.25) is 14.6 Å². The fourth-order valence-corrected chi connectivity index (χ4v) is 3.78. The highest BCUT2D eigenvalue weighted by Gasteiger charge is 2.34. The van der Waals surface area contributed by atoms with Crippen LogP contribution in [0.2, 0.25) is 0 Å². The van der Waals surface area contributed by atoms with Gasteiger partial charge in [0.2, 0.25) is 5.91 Å². The largest absolute Gasteiger partial charge is 0.459 e. The number of para-hydroxylation sites is 2. The van der Waals surface area contributed by atoms with Crippen LogP contribution in [0.15, 0.2) is 65.4 Å². The molecule has 0 aliphatic carbocycles. The highest BCUT2D eigenvalue weighted by Crippen LogP contribution is 2.28. The quantitative estimate of drug-likeness (QED) is 0.547. The van der Waals surface area contributed by atoms with Crippen molar-refractivity contribution in [3.8, 4) is 0 Å². The number of fused-ring (bicyclic) bond motifs is 2. The van der Waals surface area contributed by atoms with E-state index in [0.29, 0.717) is 18.1 Å². The topological polar surface area (TPSA) is 104 Å². The molecular formula is C22H19N5O3. The zero-order valence-corrected chi connectivity index (χ0v) is 16.0. The first kappa shape index (κ1) is 18.1. The Kier molecular flexibility index (Phi) is 4.51. The van der Waals surface area contributed by atoms with Crippen LogP contribution >= 0.6 is 0 Å². The second kappa shape index (κ2) is 7.47. The molecule has 8 heteroatoms. The number of imidazole rings is 1. The van der Waals surface area contributed by atoms with Gasteiger partial charge < -0.3 is 19.6 Å². The highest BCUT2D eigenvalue weighted by atomic mass is 16.3. The summed E-state index contributed by atoms with van der Waals surface area (Å²) in [5.41, 5.74) is 3.32. The van der Waals surface area contributed by atoms with Crippen molar-refractivity contribution in [2.24, 2.45) is 0 Å². The van der Waals surface area contributed by atoms with Gasteiger partial charge in [0.05, 0.1) is 35.5 Å². The smallest absolute Gasteiger partial charge is 0.289 e. The standard InChI is InChI=1S/C22H19N5O3/c28-21(24-11-19-25-16-6-1-2-7-17(16)26-19)15-13-27(22(29)18-8-4-10-30-18)12-14-5-3-9-23-20(14)15/h1-10,15H,11-13H2,(H,24,28)(H,25,26). The number of nitrogens with one attached hydrogen (secondary N) is 2. The summed E-state index contributed by atoms with van der Waals surface area (Å²) in [5.74, 6) is -0.0934. The molecule has 1 aliphatic heterocycles. The Balaban J connectivity index is 1.36. The SMILES string of the molecule is O=C(NCc1nc2ccccc2[nH]1)C1CN(C(=O)c2ccco2)Cc2cccnc21. The molecule has 1 aliphatic rings. The van der Waals surface area contributed by atoms with Gasteiger partial charge in [-0.2, -0.15) is 0 Å². The molecule has 4 heterocycles. The van der Waals surface area contributed by atoms with Crippen LogP contribution in [0, 0.1) is 0 Å². The lowest BCUT2D eigenvalue weighted by Crippen LogP contribution is -2.44. The molecule has 8 nitrogen and oxygen atoms in total.